The quantitative estimate of drug-likeness (QED) is 0.253. The fourth-order valence-electron chi connectivity index (χ4n) is 4.39. The smallest absolute Gasteiger partial charge is 0.305 e. The molecule has 3 aromatic heterocycles. The lowest BCUT2D eigenvalue weighted by atomic mass is 10.0. The minimum Gasteiger partial charge on any atom is -0.505 e. The minimum absolute atomic E-state index is 0.133. The van der Waals surface area contributed by atoms with Crippen LogP contribution in [-0.2, 0) is 17.8 Å². The van der Waals surface area contributed by atoms with Crippen LogP contribution in [0.4, 0.5) is 0 Å². The zero-order valence-electron chi connectivity index (χ0n) is 20.7. The number of rotatable bonds is 9. The number of fused-ring (bicyclic) bond motifs is 1. The summed E-state index contributed by atoms with van der Waals surface area (Å²) >= 11 is 1.29. The molecule has 1 amide bonds. The molecule has 0 unspecified atom stereocenters. The van der Waals surface area contributed by atoms with E-state index in [2.05, 4.69) is 15.3 Å². The molecule has 0 radical (unpaired) electrons. The Morgan fingerprint density at radius 3 is 2.41 bits per heavy atom. The Bertz CT molecular complexity index is 1700. The Kier molecular flexibility index (Phi) is 7.46. The molecule has 0 aliphatic heterocycles. The number of pyridine rings is 2. The van der Waals surface area contributed by atoms with Gasteiger partial charge in [0.1, 0.15) is 10.7 Å². The molecule has 2 aromatic carbocycles. The number of carbonyl (C=O) groups excluding carboxylic acids is 1. The molecular formula is C29H24N4O5S. The summed E-state index contributed by atoms with van der Waals surface area (Å²) in [4.78, 5) is 46.7. The Morgan fingerprint density at radius 1 is 1.03 bits per heavy atom. The number of carboxylic acids is 1. The number of aromatic hydroxyl groups is 1. The number of nitrogens with one attached hydrogen (secondary N) is 1. The van der Waals surface area contributed by atoms with Crippen molar-refractivity contribution in [2.45, 2.75) is 19.4 Å². The van der Waals surface area contributed by atoms with E-state index in [0.29, 0.717) is 34.6 Å². The Balaban J connectivity index is 1.76. The second kappa shape index (κ2) is 11.3. The van der Waals surface area contributed by atoms with Crippen LogP contribution < -0.4 is 10.9 Å². The molecule has 39 heavy (non-hydrogen) atoms. The predicted octanol–water partition coefficient (Wildman–Crippen LogP) is 4.34. The van der Waals surface area contributed by atoms with Gasteiger partial charge in [0.05, 0.1) is 11.9 Å². The largest absolute Gasteiger partial charge is 0.505 e. The zero-order valence-corrected chi connectivity index (χ0v) is 21.5. The van der Waals surface area contributed by atoms with Gasteiger partial charge in [-0.3, -0.25) is 14.4 Å². The molecule has 0 fully saturated rings. The van der Waals surface area contributed by atoms with Crippen molar-refractivity contribution >= 4 is 34.1 Å². The standard InChI is InChI=1S/C29H24N4O5S/c34-22(35)11-13-30-27(37)24-26(36)21-17-20(19-9-5-2-6-10-19)29(38)33(15-12-18-7-3-1-4-8-18)25(21)23(32-24)28-31-14-16-39-28/h1-10,14,16-17,36H,11-13,15H2,(H,30,37)(H,34,35). The van der Waals surface area contributed by atoms with Crippen LogP contribution in [0, 0.1) is 0 Å². The highest BCUT2D eigenvalue weighted by atomic mass is 32.1. The van der Waals surface area contributed by atoms with Crippen molar-refractivity contribution < 1.29 is 19.8 Å². The number of aromatic nitrogens is 3. The van der Waals surface area contributed by atoms with Gasteiger partial charge in [-0.25, -0.2) is 9.97 Å². The SMILES string of the molecule is O=C(O)CCNC(=O)c1nc(-c2nccs2)c2c(cc(-c3ccccc3)c(=O)n2CCc2ccccc2)c1O. The van der Waals surface area contributed by atoms with Crippen LogP contribution in [0.1, 0.15) is 22.5 Å². The Hall–Kier alpha value is -4.83. The van der Waals surface area contributed by atoms with Gasteiger partial charge in [0.25, 0.3) is 11.5 Å². The zero-order chi connectivity index (χ0) is 27.4. The monoisotopic (exact) mass is 540 g/mol. The van der Waals surface area contributed by atoms with E-state index in [1.165, 1.54) is 11.3 Å². The third-order valence-electron chi connectivity index (χ3n) is 6.24. The Labute approximate surface area is 227 Å². The summed E-state index contributed by atoms with van der Waals surface area (Å²) < 4.78 is 1.58. The van der Waals surface area contributed by atoms with E-state index in [0.717, 1.165) is 5.56 Å². The van der Waals surface area contributed by atoms with Crippen LogP contribution in [0.5, 0.6) is 5.75 Å². The van der Waals surface area contributed by atoms with Crippen LogP contribution in [0.25, 0.3) is 32.7 Å². The van der Waals surface area contributed by atoms with Crippen molar-refractivity contribution in [3.05, 3.63) is 99.9 Å². The van der Waals surface area contributed by atoms with E-state index in [-0.39, 0.29) is 35.3 Å². The third-order valence-corrected chi connectivity index (χ3v) is 7.02. The van der Waals surface area contributed by atoms with E-state index in [1.54, 1.807) is 22.2 Å². The molecule has 0 saturated heterocycles. The average Bonchev–Trinajstić information content (AvgIpc) is 3.48. The number of aryl methyl sites for hydroxylation is 2. The van der Waals surface area contributed by atoms with Gasteiger partial charge in [-0.1, -0.05) is 60.7 Å². The van der Waals surface area contributed by atoms with Crippen LogP contribution in [0.2, 0.25) is 0 Å². The molecule has 10 heteroatoms. The molecule has 3 N–H and O–H groups in total. The van der Waals surface area contributed by atoms with Gasteiger partial charge in [0.15, 0.2) is 11.4 Å². The number of aliphatic carboxylic acids is 1. The van der Waals surface area contributed by atoms with E-state index >= 15 is 0 Å². The van der Waals surface area contributed by atoms with Crippen molar-refractivity contribution in [1.82, 2.24) is 19.9 Å². The molecule has 0 aliphatic rings. The lowest BCUT2D eigenvalue weighted by Crippen LogP contribution is -2.28. The first-order valence-electron chi connectivity index (χ1n) is 12.2. The number of amides is 1. The molecule has 0 bridgehead atoms. The molecule has 0 saturated carbocycles. The number of carbonyl (C=O) groups is 2. The van der Waals surface area contributed by atoms with Crippen LogP contribution in [-0.4, -0.2) is 43.2 Å². The normalized spacial score (nSPS) is 11.0. The molecule has 0 atom stereocenters. The summed E-state index contributed by atoms with van der Waals surface area (Å²) in [7, 11) is 0. The number of benzene rings is 2. The average molecular weight is 541 g/mol. The highest BCUT2D eigenvalue weighted by Crippen LogP contribution is 2.36. The Morgan fingerprint density at radius 2 is 1.74 bits per heavy atom. The number of nitrogens with zero attached hydrogens (tertiary/aromatic N) is 3. The maximum Gasteiger partial charge on any atom is 0.305 e. The summed E-state index contributed by atoms with van der Waals surface area (Å²) in [6.45, 7) is 0.162. The number of thiazole rings is 1. The van der Waals surface area contributed by atoms with Gasteiger partial charge in [0, 0.05) is 35.6 Å². The van der Waals surface area contributed by atoms with Gasteiger partial charge in [-0.2, -0.15) is 0 Å². The fraction of sp³-hybridized carbons (Fsp3) is 0.138. The van der Waals surface area contributed by atoms with Gasteiger partial charge >= 0.3 is 5.97 Å². The summed E-state index contributed by atoms with van der Waals surface area (Å²) in [6.07, 6.45) is 1.86. The molecule has 3 heterocycles. The van der Waals surface area contributed by atoms with Crippen molar-refractivity contribution in [1.29, 1.82) is 0 Å². The molecule has 0 aliphatic carbocycles. The van der Waals surface area contributed by atoms with Crippen molar-refractivity contribution in [2.24, 2.45) is 0 Å². The lowest BCUT2D eigenvalue weighted by molar-refractivity contribution is -0.136. The summed E-state index contributed by atoms with van der Waals surface area (Å²) in [5.74, 6) is -2.19. The number of hydrogen-bond acceptors (Lipinski definition) is 7. The van der Waals surface area contributed by atoms with Crippen LogP contribution in [0.3, 0.4) is 0 Å². The predicted molar refractivity (Wildman–Crippen MR) is 149 cm³/mol. The summed E-state index contributed by atoms with van der Waals surface area (Å²) in [5.41, 5.74) is 2.17. The molecule has 9 nitrogen and oxygen atoms in total. The molecule has 0 spiro atoms. The van der Waals surface area contributed by atoms with E-state index in [4.69, 9.17) is 5.11 Å². The first-order valence-corrected chi connectivity index (χ1v) is 13.1. The van der Waals surface area contributed by atoms with Gasteiger partial charge < -0.3 is 20.1 Å². The fourth-order valence-corrected chi connectivity index (χ4v) is 5.01. The van der Waals surface area contributed by atoms with E-state index in [9.17, 15) is 19.5 Å². The van der Waals surface area contributed by atoms with Crippen LogP contribution in [0.15, 0.2) is 83.1 Å². The highest BCUT2D eigenvalue weighted by Gasteiger charge is 2.25. The van der Waals surface area contributed by atoms with Crippen molar-refractivity contribution in [3.8, 4) is 27.6 Å². The molecular weight excluding hydrogens is 516 g/mol. The summed E-state index contributed by atoms with van der Waals surface area (Å²) in [5, 5.41) is 25.3. The molecule has 5 rings (SSSR count). The lowest BCUT2D eigenvalue weighted by Gasteiger charge is -2.18. The van der Waals surface area contributed by atoms with Crippen LogP contribution >= 0.6 is 11.3 Å². The van der Waals surface area contributed by atoms with Gasteiger partial charge in [-0.15, -0.1) is 11.3 Å². The number of hydrogen-bond donors (Lipinski definition) is 3. The summed E-state index contributed by atoms with van der Waals surface area (Å²) in [6, 6.07) is 20.4. The first kappa shape index (κ1) is 25.8. The topological polar surface area (TPSA) is 134 Å². The molecule has 196 valence electrons. The third kappa shape index (κ3) is 5.41. The number of carboxylic acid groups (broad SMARTS) is 1. The van der Waals surface area contributed by atoms with E-state index in [1.807, 2.05) is 60.7 Å². The van der Waals surface area contributed by atoms with Gasteiger partial charge in [-0.05, 0) is 23.6 Å². The van der Waals surface area contributed by atoms with Crippen molar-refractivity contribution in [2.75, 3.05) is 6.54 Å². The maximum atomic E-state index is 14.0. The second-order valence-electron chi connectivity index (χ2n) is 8.77. The first-order chi connectivity index (χ1) is 18.9. The van der Waals surface area contributed by atoms with Crippen molar-refractivity contribution in [3.63, 3.8) is 0 Å². The molecule has 5 aromatic rings. The van der Waals surface area contributed by atoms with Gasteiger partial charge in [0.2, 0.25) is 0 Å². The maximum absolute atomic E-state index is 14.0. The second-order valence-corrected chi connectivity index (χ2v) is 9.67. The van der Waals surface area contributed by atoms with E-state index < -0.39 is 17.6 Å². The minimum atomic E-state index is -1.07. The highest BCUT2D eigenvalue weighted by molar-refractivity contribution is 7.13.